The van der Waals surface area contributed by atoms with E-state index in [-0.39, 0.29) is 28.4 Å². The number of fused-ring (bicyclic) bond motifs is 1. The Morgan fingerprint density at radius 1 is 0.920 bits per heavy atom. The molecule has 0 unspecified atom stereocenters. The first-order valence-electron chi connectivity index (χ1n) is 17.7. The number of H-pyrrole nitrogens is 1. The van der Waals surface area contributed by atoms with Gasteiger partial charge in [0.05, 0.1) is 24.4 Å². The van der Waals surface area contributed by atoms with Gasteiger partial charge in [-0.3, -0.25) is 24.0 Å². The molecule has 3 saturated heterocycles. The van der Waals surface area contributed by atoms with Gasteiger partial charge in [0.15, 0.2) is 22.9 Å². The Balaban J connectivity index is 1.65. The van der Waals surface area contributed by atoms with Gasteiger partial charge < -0.3 is 18.5 Å². The molecule has 3 fully saturated rings. The van der Waals surface area contributed by atoms with Gasteiger partial charge >= 0.3 is 5.69 Å². The van der Waals surface area contributed by atoms with E-state index in [1.54, 1.807) is 4.90 Å². The minimum Gasteiger partial charge on any atom is -0.408 e. The van der Waals surface area contributed by atoms with Gasteiger partial charge in [-0.05, 0) is 48.2 Å². The first-order valence-corrected chi connectivity index (χ1v) is 23.5. The fourth-order valence-electron chi connectivity index (χ4n) is 6.60. The molecule has 1 aromatic carbocycles. The van der Waals surface area contributed by atoms with E-state index >= 15 is 0 Å². The summed E-state index contributed by atoms with van der Waals surface area (Å²) in [7, 11) is -5.07. The lowest BCUT2D eigenvalue weighted by atomic mass is 9.84. The summed E-state index contributed by atoms with van der Waals surface area (Å²) < 4.78 is 22.8. The van der Waals surface area contributed by atoms with Crippen molar-refractivity contribution in [1.29, 1.82) is 5.26 Å². The zero-order valence-corrected chi connectivity index (χ0v) is 33.3. The maximum Gasteiger partial charge on any atom is 0.330 e. The van der Waals surface area contributed by atoms with E-state index in [9.17, 15) is 19.6 Å². The van der Waals surface area contributed by atoms with E-state index < -0.39 is 64.4 Å². The van der Waals surface area contributed by atoms with Crippen molar-refractivity contribution < 1.29 is 23.2 Å². The fourth-order valence-corrected chi connectivity index (χ4v) is 9.19. The number of carbonyl (C=O) groups excluding carboxylic acids is 1. The average Bonchev–Trinajstić information content (AvgIpc) is 3.54. The van der Waals surface area contributed by atoms with Crippen LogP contribution in [-0.4, -0.2) is 85.6 Å². The number of aromatic amines is 1. The summed E-state index contributed by atoms with van der Waals surface area (Å²) in [5, 5.41) is 10.9. The van der Waals surface area contributed by atoms with Crippen molar-refractivity contribution in [3.8, 4) is 6.07 Å². The van der Waals surface area contributed by atoms with E-state index in [4.69, 9.17) is 18.4 Å². The monoisotopic (exact) mass is 725 g/mol. The van der Waals surface area contributed by atoms with Crippen LogP contribution in [0.5, 0.6) is 0 Å². The SMILES string of the molecule is CC(C)(C)[Si](C)(C)O[C@@H]1[C@@H]([C@@H]2ON(Cc3ccccc3)[C@H]3CCN(CCC#N)C(=O)[C@@H]23)O[C@@H](n2ccc(=O)[nH]c2=O)[C@@H]1O[Si](C)(C)C(C)(C)C. The summed E-state index contributed by atoms with van der Waals surface area (Å²) in [6.45, 7) is 22.9. The Morgan fingerprint density at radius 2 is 1.54 bits per heavy atom. The Labute approximate surface area is 297 Å². The molecule has 14 heteroatoms. The quantitative estimate of drug-likeness (QED) is 0.329. The number of likely N-dealkylation sites (tertiary alicyclic amines) is 1. The fraction of sp³-hybridized carbons (Fsp3) is 0.667. The largest absolute Gasteiger partial charge is 0.408 e. The number of carbonyl (C=O) groups is 1. The third kappa shape index (κ3) is 7.64. The minimum atomic E-state index is -2.54. The van der Waals surface area contributed by atoms with Gasteiger partial charge in [-0.25, -0.2) is 4.79 Å². The highest BCUT2D eigenvalue weighted by Gasteiger charge is 2.62. The van der Waals surface area contributed by atoms with Crippen LogP contribution in [0.25, 0.3) is 0 Å². The summed E-state index contributed by atoms with van der Waals surface area (Å²) in [6.07, 6.45) is -1.67. The number of nitriles is 1. The molecule has 4 heterocycles. The molecule has 0 radical (unpaired) electrons. The van der Waals surface area contributed by atoms with Crippen LogP contribution in [0.3, 0.4) is 0 Å². The standard InChI is InChI=1S/C36H55N5O7Si2/c1-35(2,3)49(7,8)47-30-29(45-33(40-22-18-26(42)38-34(40)44)31(30)48-50(9,10)36(4,5)6)28-27-25(17-21-39(32(27)43)20-14-19-37)41(46-28)23-24-15-12-11-13-16-24/h11-13,15-16,18,22,25,27-31,33H,14,17,20-21,23H2,1-10H3,(H,38,42,44)/t25-,27+,28+,29+,30+,31+,33+/m0/s1. The molecule has 3 aliphatic rings. The highest BCUT2D eigenvalue weighted by molar-refractivity contribution is 6.74. The van der Waals surface area contributed by atoms with Crippen molar-refractivity contribution in [1.82, 2.24) is 19.5 Å². The first kappa shape index (κ1) is 38.3. The van der Waals surface area contributed by atoms with Crippen LogP contribution in [0.2, 0.25) is 36.3 Å². The van der Waals surface area contributed by atoms with Crippen molar-refractivity contribution in [2.75, 3.05) is 13.1 Å². The van der Waals surface area contributed by atoms with Crippen LogP contribution in [0.1, 0.15) is 66.2 Å². The second kappa shape index (κ2) is 14.3. The van der Waals surface area contributed by atoms with Gasteiger partial charge in [-0.1, -0.05) is 71.9 Å². The number of hydroxylamine groups is 2. The molecule has 7 atom stereocenters. The smallest absolute Gasteiger partial charge is 0.330 e. The van der Waals surface area contributed by atoms with Crippen LogP contribution in [0.4, 0.5) is 0 Å². The van der Waals surface area contributed by atoms with Crippen LogP contribution < -0.4 is 11.2 Å². The van der Waals surface area contributed by atoms with Crippen molar-refractivity contribution in [2.45, 2.75) is 134 Å². The molecule has 1 aromatic heterocycles. The number of hydrogen-bond acceptors (Lipinski definition) is 9. The number of aromatic nitrogens is 2. The highest BCUT2D eigenvalue weighted by atomic mass is 28.4. The van der Waals surface area contributed by atoms with Crippen molar-refractivity contribution in [3.05, 3.63) is 69.0 Å². The Bertz CT molecular complexity index is 1680. The Morgan fingerprint density at radius 3 is 2.12 bits per heavy atom. The van der Waals surface area contributed by atoms with Crippen LogP contribution in [0, 0.1) is 17.2 Å². The zero-order valence-electron chi connectivity index (χ0n) is 31.3. The van der Waals surface area contributed by atoms with E-state index in [1.165, 1.54) is 16.8 Å². The molecule has 1 amide bonds. The number of benzene rings is 1. The number of nitrogens with one attached hydrogen (secondary N) is 1. The third-order valence-corrected chi connectivity index (χ3v) is 20.5. The third-order valence-electron chi connectivity index (χ3n) is 11.5. The summed E-state index contributed by atoms with van der Waals surface area (Å²) in [5.74, 6) is -0.695. The number of rotatable bonds is 10. The molecule has 0 aliphatic carbocycles. The van der Waals surface area contributed by atoms with Crippen LogP contribution in [-0.2, 0) is 29.8 Å². The first-order chi connectivity index (χ1) is 23.3. The Hall–Kier alpha value is -2.91. The maximum absolute atomic E-state index is 14.4. The van der Waals surface area contributed by atoms with Gasteiger partial charge in [0.1, 0.15) is 24.4 Å². The molecule has 12 nitrogen and oxygen atoms in total. The normalized spacial score (nSPS) is 28.1. The molecule has 274 valence electrons. The lowest BCUT2D eigenvalue weighted by Crippen LogP contribution is -2.57. The molecule has 0 spiro atoms. The van der Waals surface area contributed by atoms with Crippen LogP contribution >= 0.6 is 0 Å². The molecule has 2 aromatic rings. The predicted octanol–water partition coefficient (Wildman–Crippen LogP) is 5.16. The van der Waals surface area contributed by atoms with Gasteiger partial charge in [0.25, 0.3) is 5.56 Å². The maximum atomic E-state index is 14.4. The van der Waals surface area contributed by atoms with Crippen molar-refractivity contribution in [2.24, 2.45) is 5.92 Å². The molecular weight excluding hydrogens is 671 g/mol. The topological polar surface area (TPSA) is 139 Å². The molecule has 5 rings (SSSR count). The zero-order chi connectivity index (χ0) is 36.8. The second-order valence-electron chi connectivity index (χ2n) is 16.9. The molecular formula is C36H55N5O7Si2. The predicted molar refractivity (Wildman–Crippen MR) is 195 cm³/mol. The number of amides is 1. The lowest BCUT2D eigenvalue weighted by Gasteiger charge is -2.44. The van der Waals surface area contributed by atoms with Crippen LogP contribution in [0.15, 0.2) is 52.2 Å². The molecule has 50 heavy (non-hydrogen) atoms. The summed E-state index contributed by atoms with van der Waals surface area (Å²) >= 11 is 0. The molecule has 3 aliphatic heterocycles. The summed E-state index contributed by atoms with van der Waals surface area (Å²) in [4.78, 5) is 51.0. The number of ether oxygens (including phenoxy) is 1. The molecule has 1 N–H and O–H groups in total. The Kier molecular flexibility index (Phi) is 10.9. The minimum absolute atomic E-state index is 0.0849. The van der Waals surface area contributed by atoms with E-state index in [0.717, 1.165) is 5.56 Å². The van der Waals surface area contributed by atoms with Gasteiger partial charge in [-0.15, -0.1) is 0 Å². The van der Waals surface area contributed by atoms with Crippen molar-refractivity contribution >= 4 is 22.5 Å². The number of hydrogen-bond donors (Lipinski definition) is 1. The van der Waals surface area contributed by atoms with E-state index in [0.29, 0.717) is 26.1 Å². The summed E-state index contributed by atoms with van der Waals surface area (Å²) in [6, 6.07) is 13.2. The van der Waals surface area contributed by atoms with Crippen molar-refractivity contribution in [3.63, 3.8) is 0 Å². The van der Waals surface area contributed by atoms with Gasteiger partial charge in [-0.2, -0.15) is 10.3 Å². The average molecular weight is 726 g/mol. The summed E-state index contributed by atoms with van der Waals surface area (Å²) in [5.41, 5.74) is -0.0876. The van der Waals surface area contributed by atoms with E-state index in [2.05, 4.69) is 78.8 Å². The van der Waals surface area contributed by atoms with Gasteiger partial charge in [0.2, 0.25) is 5.91 Å². The number of piperidine rings is 1. The molecule has 0 saturated carbocycles. The second-order valence-corrected chi connectivity index (χ2v) is 26.5. The highest BCUT2D eigenvalue weighted by Crippen LogP contribution is 2.49. The van der Waals surface area contributed by atoms with Gasteiger partial charge in [0, 0.05) is 31.9 Å². The molecule has 0 bridgehead atoms. The van der Waals surface area contributed by atoms with E-state index in [1.807, 2.05) is 35.4 Å². The number of nitrogens with zero attached hydrogens (tertiary/aromatic N) is 4. The lowest BCUT2D eigenvalue weighted by molar-refractivity contribution is -0.206.